The van der Waals surface area contributed by atoms with E-state index in [2.05, 4.69) is 0 Å². The summed E-state index contributed by atoms with van der Waals surface area (Å²) in [7, 11) is 1.55. The molecule has 2 aliphatic rings. The molecule has 32 heavy (non-hydrogen) atoms. The number of hydrogen-bond donors (Lipinski definition) is 1. The molecule has 0 radical (unpaired) electrons. The van der Waals surface area contributed by atoms with Crippen LogP contribution >= 0.6 is 0 Å². The Bertz CT molecular complexity index is 1180. The lowest BCUT2D eigenvalue weighted by Crippen LogP contribution is -2.41. The number of fused-ring (bicyclic) bond motifs is 1. The molecule has 2 fully saturated rings. The highest BCUT2D eigenvalue weighted by Gasteiger charge is 2.69. The number of nitrogens with zero attached hydrogens (tertiary/aromatic N) is 2. The van der Waals surface area contributed by atoms with Crippen LogP contribution < -0.4 is 14.7 Å². The monoisotopic (exact) mass is 430 g/mol. The van der Waals surface area contributed by atoms with Crippen LogP contribution in [0.5, 0.6) is 11.5 Å². The summed E-state index contributed by atoms with van der Waals surface area (Å²) in [6, 6.07) is 22.1. The quantitative estimate of drug-likeness (QED) is 0.634. The molecule has 2 saturated heterocycles. The summed E-state index contributed by atoms with van der Waals surface area (Å²) in [5, 5.41) is 12.2. The van der Waals surface area contributed by atoms with Crippen molar-refractivity contribution < 1.29 is 24.3 Å². The van der Waals surface area contributed by atoms with E-state index in [0.717, 1.165) is 0 Å². The van der Waals surface area contributed by atoms with Crippen LogP contribution in [0.2, 0.25) is 0 Å². The predicted molar refractivity (Wildman–Crippen MR) is 118 cm³/mol. The lowest BCUT2D eigenvalue weighted by molar-refractivity contribution is -0.128. The topological polar surface area (TPSA) is 79.3 Å². The second-order valence-electron chi connectivity index (χ2n) is 8.07. The Morgan fingerprint density at radius 1 is 0.906 bits per heavy atom. The Balaban J connectivity index is 1.63. The standard InChI is InChI=1S/C25H22N2O5/c1-25-21(19-10-6-7-11-20(19)28)27(17-8-4-3-5-9-17)32-22(25)23(29)26(24(25)30)16-12-14-18(31-2)15-13-16/h3-15,21-22,28H,1-2H3/t21-,22-,25-/m0/s1. The van der Waals surface area contributed by atoms with E-state index in [4.69, 9.17) is 9.57 Å². The summed E-state index contributed by atoms with van der Waals surface area (Å²) >= 11 is 0. The normalized spacial score (nSPS) is 24.7. The number of hydrogen-bond acceptors (Lipinski definition) is 6. The van der Waals surface area contributed by atoms with Gasteiger partial charge in [-0.25, -0.2) is 9.96 Å². The van der Waals surface area contributed by atoms with Gasteiger partial charge in [0.15, 0.2) is 6.10 Å². The zero-order chi connectivity index (χ0) is 22.5. The first-order valence-corrected chi connectivity index (χ1v) is 10.3. The molecule has 7 nitrogen and oxygen atoms in total. The molecule has 0 spiro atoms. The van der Waals surface area contributed by atoms with Gasteiger partial charge in [-0.3, -0.25) is 14.4 Å². The van der Waals surface area contributed by atoms with Gasteiger partial charge < -0.3 is 9.84 Å². The first kappa shape index (κ1) is 20.1. The van der Waals surface area contributed by atoms with Crippen LogP contribution in [0.4, 0.5) is 11.4 Å². The fourth-order valence-electron chi connectivity index (χ4n) is 4.59. The molecule has 0 bridgehead atoms. The van der Waals surface area contributed by atoms with Crippen LogP contribution in [-0.2, 0) is 14.4 Å². The van der Waals surface area contributed by atoms with Gasteiger partial charge in [-0.05, 0) is 49.4 Å². The fraction of sp³-hybridized carbons (Fsp3) is 0.200. The van der Waals surface area contributed by atoms with Gasteiger partial charge >= 0.3 is 0 Å². The van der Waals surface area contributed by atoms with Crippen molar-refractivity contribution in [3.8, 4) is 11.5 Å². The van der Waals surface area contributed by atoms with Crippen LogP contribution in [-0.4, -0.2) is 30.1 Å². The number of benzene rings is 3. The molecule has 2 aliphatic heterocycles. The fourth-order valence-corrected chi connectivity index (χ4v) is 4.59. The van der Waals surface area contributed by atoms with E-state index in [1.807, 2.05) is 30.3 Å². The average molecular weight is 430 g/mol. The minimum atomic E-state index is -1.26. The summed E-state index contributed by atoms with van der Waals surface area (Å²) in [5.41, 5.74) is 0.389. The molecule has 0 saturated carbocycles. The van der Waals surface area contributed by atoms with E-state index in [0.29, 0.717) is 22.7 Å². The highest BCUT2D eigenvalue weighted by molar-refractivity contribution is 6.25. The average Bonchev–Trinajstić information content (AvgIpc) is 3.23. The number of carbonyl (C=O) groups is 2. The lowest BCUT2D eigenvalue weighted by Gasteiger charge is -2.33. The van der Waals surface area contributed by atoms with E-state index in [1.54, 1.807) is 67.6 Å². The van der Waals surface area contributed by atoms with Crippen molar-refractivity contribution in [2.24, 2.45) is 5.41 Å². The second-order valence-corrected chi connectivity index (χ2v) is 8.07. The third kappa shape index (κ3) is 2.78. The zero-order valence-electron chi connectivity index (χ0n) is 17.6. The molecule has 0 unspecified atom stereocenters. The maximum atomic E-state index is 13.8. The van der Waals surface area contributed by atoms with Crippen LogP contribution in [0.1, 0.15) is 18.5 Å². The molecule has 0 aromatic heterocycles. The number of phenols is 1. The molecular weight excluding hydrogens is 408 g/mol. The highest BCUT2D eigenvalue weighted by atomic mass is 16.7. The van der Waals surface area contributed by atoms with E-state index >= 15 is 0 Å². The van der Waals surface area contributed by atoms with Crippen LogP contribution in [0.15, 0.2) is 78.9 Å². The van der Waals surface area contributed by atoms with Gasteiger partial charge in [0.2, 0.25) is 5.91 Å². The van der Waals surface area contributed by atoms with Crippen molar-refractivity contribution in [2.75, 3.05) is 17.1 Å². The number of amides is 2. The maximum absolute atomic E-state index is 13.8. The smallest absolute Gasteiger partial charge is 0.266 e. The van der Waals surface area contributed by atoms with Crippen molar-refractivity contribution in [2.45, 2.75) is 19.1 Å². The number of carbonyl (C=O) groups excluding carboxylic acids is 2. The molecule has 1 N–H and O–H groups in total. The minimum Gasteiger partial charge on any atom is -0.508 e. The number of hydroxylamine groups is 1. The van der Waals surface area contributed by atoms with Crippen molar-refractivity contribution in [1.29, 1.82) is 0 Å². The molecule has 2 heterocycles. The summed E-state index contributed by atoms with van der Waals surface area (Å²) < 4.78 is 5.18. The number of rotatable bonds is 4. The third-order valence-corrected chi connectivity index (χ3v) is 6.25. The minimum absolute atomic E-state index is 0.0343. The van der Waals surface area contributed by atoms with E-state index in [-0.39, 0.29) is 11.7 Å². The zero-order valence-corrected chi connectivity index (χ0v) is 17.6. The molecule has 5 rings (SSSR count). The SMILES string of the molecule is COc1ccc(N2C(=O)[C@@H]3ON(c4ccccc4)[C@@H](c4ccccc4O)[C@]3(C)C2=O)cc1. The molecule has 3 aromatic carbocycles. The van der Waals surface area contributed by atoms with Crippen LogP contribution in [0.3, 0.4) is 0 Å². The van der Waals surface area contributed by atoms with Crippen molar-refractivity contribution in [1.82, 2.24) is 0 Å². The van der Waals surface area contributed by atoms with E-state index < -0.39 is 23.5 Å². The summed E-state index contributed by atoms with van der Waals surface area (Å²) in [6.45, 7) is 1.72. The van der Waals surface area contributed by atoms with Gasteiger partial charge in [-0.2, -0.15) is 0 Å². The summed E-state index contributed by atoms with van der Waals surface area (Å²) in [5.74, 6) is -0.171. The number of ether oxygens (including phenoxy) is 1. The molecule has 7 heteroatoms. The second kappa shape index (κ2) is 7.39. The lowest BCUT2D eigenvalue weighted by atomic mass is 9.76. The predicted octanol–water partition coefficient (Wildman–Crippen LogP) is 3.84. The van der Waals surface area contributed by atoms with Gasteiger partial charge in [-0.15, -0.1) is 0 Å². The largest absolute Gasteiger partial charge is 0.508 e. The van der Waals surface area contributed by atoms with E-state index in [1.165, 1.54) is 4.90 Å². The molecule has 2 amide bonds. The third-order valence-electron chi connectivity index (χ3n) is 6.25. The van der Waals surface area contributed by atoms with Crippen LogP contribution in [0, 0.1) is 5.41 Å². The maximum Gasteiger partial charge on any atom is 0.266 e. The van der Waals surface area contributed by atoms with Gasteiger partial charge in [0.25, 0.3) is 5.91 Å². The van der Waals surface area contributed by atoms with Crippen molar-refractivity contribution in [3.63, 3.8) is 0 Å². The van der Waals surface area contributed by atoms with Gasteiger partial charge in [0.05, 0.1) is 18.5 Å². The van der Waals surface area contributed by atoms with Gasteiger partial charge in [0, 0.05) is 5.56 Å². The number of methoxy groups -OCH3 is 1. The van der Waals surface area contributed by atoms with Crippen molar-refractivity contribution in [3.05, 3.63) is 84.4 Å². The summed E-state index contributed by atoms with van der Waals surface area (Å²) in [6.07, 6.45) is -1.04. The molecular formula is C25H22N2O5. The first-order valence-electron chi connectivity index (χ1n) is 10.3. The molecule has 0 aliphatic carbocycles. The highest BCUT2D eigenvalue weighted by Crippen LogP contribution is 2.56. The number of aromatic hydroxyl groups is 1. The summed E-state index contributed by atoms with van der Waals surface area (Å²) in [4.78, 5) is 34.6. The van der Waals surface area contributed by atoms with Gasteiger partial charge in [0.1, 0.15) is 23.0 Å². The Kier molecular flexibility index (Phi) is 4.64. The molecule has 162 valence electrons. The number of imide groups is 1. The molecule has 3 aromatic rings. The molecule has 3 atom stereocenters. The number of phenolic OH excluding ortho intramolecular Hbond substituents is 1. The Labute approximate surface area is 185 Å². The Morgan fingerprint density at radius 2 is 1.56 bits per heavy atom. The van der Waals surface area contributed by atoms with Crippen molar-refractivity contribution >= 4 is 23.2 Å². The van der Waals surface area contributed by atoms with Gasteiger partial charge in [-0.1, -0.05) is 36.4 Å². The number of anilines is 2. The van der Waals surface area contributed by atoms with E-state index in [9.17, 15) is 14.7 Å². The number of para-hydroxylation sites is 2. The first-order chi connectivity index (χ1) is 15.5. The Morgan fingerprint density at radius 3 is 2.22 bits per heavy atom. The Hall–Kier alpha value is -3.84. The van der Waals surface area contributed by atoms with Crippen LogP contribution in [0.25, 0.3) is 0 Å².